The molecule has 0 aliphatic carbocycles. The van der Waals surface area contributed by atoms with Gasteiger partial charge in [0.05, 0.1) is 5.69 Å². The van der Waals surface area contributed by atoms with Gasteiger partial charge in [-0.05, 0) is 16.5 Å². The zero-order chi connectivity index (χ0) is 8.39. The molecule has 0 saturated heterocycles. The van der Waals surface area contributed by atoms with Crippen molar-refractivity contribution < 1.29 is 0 Å². The molecule has 0 unspecified atom stereocenters. The van der Waals surface area contributed by atoms with Crippen LogP contribution < -0.4 is 5.43 Å². The second-order valence-corrected chi connectivity index (χ2v) is 4.00. The Balaban J connectivity index is 2.14. The van der Waals surface area contributed by atoms with Crippen LogP contribution in [0.4, 0.5) is 0 Å². The molecule has 0 saturated carbocycles. The van der Waals surface area contributed by atoms with E-state index in [1.807, 2.05) is 18.2 Å². The minimum atomic E-state index is 0.0960. The van der Waals surface area contributed by atoms with Crippen LogP contribution in [0.5, 0.6) is 0 Å². The van der Waals surface area contributed by atoms with Crippen LogP contribution in [0.3, 0.4) is 0 Å². The van der Waals surface area contributed by atoms with Gasteiger partial charge in [-0.15, -0.1) is 11.8 Å². The molecule has 1 aromatic heterocycles. The largest absolute Gasteiger partial charge is 0.752 e. The Labute approximate surface area is 80.1 Å². The van der Waals surface area contributed by atoms with Crippen molar-refractivity contribution in [2.75, 3.05) is 0 Å². The molecule has 0 spiro atoms. The van der Waals surface area contributed by atoms with Crippen molar-refractivity contribution in [3.8, 4) is 0 Å². The summed E-state index contributed by atoms with van der Waals surface area (Å²) in [6.45, 7) is 0. The average Bonchev–Trinajstić information content (AvgIpc) is 2.54. The average molecular weight is 196 g/mol. The van der Waals surface area contributed by atoms with Gasteiger partial charge in [-0.1, -0.05) is 6.07 Å². The molecule has 2 heterocycles. The van der Waals surface area contributed by atoms with E-state index in [0.29, 0.717) is 4.38 Å². The number of nitrogens with zero attached hydrogens (tertiary/aromatic N) is 2. The summed E-state index contributed by atoms with van der Waals surface area (Å²) < 4.78 is 0.644. The Morgan fingerprint density at radius 2 is 2.42 bits per heavy atom. The topological polar surface area (TPSA) is 37.3 Å². The third kappa shape index (κ3) is 1.51. The smallest absolute Gasteiger partial charge is 0.135 e. The summed E-state index contributed by atoms with van der Waals surface area (Å²) in [5.74, 6) is 0. The van der Waals surface area contributed by atoms with Gasteiger partial charge in [0.1, 0.15) is 5.37 Å². The first-order valence-corrected chi connectivity index (χ1v) is 4.73. The van der Waals surface area contributed by atoms with E-state index in [2.05, 4.69) is 15.5 Å². The minimum absolute atomic E-state index is 0.0960. The Morgan fingerprint density at radius 3 is 3.00 bits per heavy atom. The second kappa shape index (κ2) is 3.28. The number of hydrazone groups is 1. The van der Waals surface area contributed by atoms with Crippen LogP contribution in [-0.2, 0) is 12.6 Å². The number of hydrogen-bond donors (Lipinski definition) is 1. The van der Waals surface area contributed by atoms with Gasteiger partial charge in [-0.3, -0.25) is 10.4 Å². The van der Waals surface area contributed by atoms with Gasteiger partial charge in [0, 0.05) is 6.20 Å². The first-order valence-electron chi connectivity index (χ1n) is 3.44. The van der Waals surface area contributed by atoms with Crippen LogP contribution in [0.15, 0.2) is 29.5 Å². The van der Waals surface area contributed by atoms with Gasteiger partial charge in [0.25, 0.3) is 0 Å². The molecule has 1 aliphatic heterocycles. The molecule has 1 aromatic rings. The van der Waals surface area contributed by atoms with Crippen LogP contribution in [0.1, 0.15) is 11.1 Å². The maximum atomic E-state index is 4.90. The second-order valence-electron chi connectivity index (χ2n) is 2.26. The van der Waals surface area contributed by atoms with E-state index in [1.165, 1.54) is 11.8 Å². The summed E-state index contributed by atoms with van der Waals surface area (Å²) in [6.07, 6.45) is 1.76. The van der Waals surface area contributed by atoms with Crippen molar-refractivity contribution in [3.63, 3.8) is 0 Å². The molecule has 3 nitrogen and oxygen atoms in total. The number of pyridine rings is 1. The third-order valence-corrected chi connectivity index (χ3v) is 2.70. The summed E-state index contributed by atoms with van der Waals surface area (Å²) >= 11 is 6.41. The fourth-order valence-corrected chi connectivity index (χ4v) is 1.94. The van der Waals surface area contributed by atoms with Crippen LogP contribution >= 0.6 is 11.8 Å². The molecule has 0 amide bonds. The lowest BCUT2D eigenvalue weighted by molar-refractivity contribution is 0.725. The van der Waals surface area contributed by atoms with Gasteiger partial charge >= 0.3 is 0 Å². The monoisotopic (exact) mass is 196 g/mol. The molecular formula is C7H6N3S2-. The maximum absolute atomic E-state index is 4.90. The normalized spacial score (nSPS) is 21.7. The van der Waals surface area contributed by atoms with Crippen molar-refractivity contribution in [2.24, 2.45) is 5.10 Å². The highest BCUT2D eigenvalue weighted by Crippen LogP contribution is 2.29. The van der Waals surface area contributed by atoms with Crippen LogP contribution in [0.25, 0.3) is 0 Å². The van der Waals surface area contributed by atoms with Gasteiger partial charge in [-0.25, -0.2) is 5.10 Å². The van der Waals surface area contributed by atoms with Crippen molar-refractivity contribution in [3.05, 3.63) is 30.1 Å². The van der Waals surface area contributed by atoms with Gasteiger partial charge in [0.15, 0.2) is 0 Å². The zero-order valence-corrected chi connectivity index (χ0v) is 7.73. The van der Waals surface area contributed by atoms with E-state index in [4.69, 9.17) is 12.6 Å². The Bertz CT molecular complexity index is 299. The summed E-state index contributed by atoms with van der Waals surface area (Å²) in [4.78, 5) is 4.19. The number of rotatable bonds is 1. The van der Waals surface area contributed by atoms with Crippen LogP contribution in [-0.4, -0.2) is 9.36 Å². The highest BCUT2D eigenvalue weighted by atomic mass is 32.2. The Hall–Kier alpha value is -0.810. The van der Waals surface area contributed by atoms with Gasteiger partial charge < -0.3 is 12.6 Å². The minimum Gasteiger partial charge on any atom is -0.752 e. The lowest BCUT2D eigenvalue weighted by Crippen LogP contribution is -2.07. The number of nitrogens with one attached hydrogen (secondary N) is 1. The van der Waals surface area contributed by atoms with Crippen molar-refractivity contribution in [2.45, 2.75) is 5.37 Å². The fourth-order valence-electron chi connectivity index (χ4n) is 0.922. The molecule has 2 rings (SSSR count). The van der Waals surface area contributed by atoms with Crippen molar-refractivity contribution >= 4 is 28.8 Å². The molecule has 0 bridgehead atoms. The van der Waals surface area contributed by atoms with Crippen LogP contribution in [0, 0.1) is 0 Å². The van der Waals surface area contributed by atoms with E-state index in [0.717, 1.165) is 5.69 Å². The standard InChI is InChI=1S/C7H7N3S2/c11-7-10-9-6(12-7)5-3-1-2-4-8-5/h1-4,6,9H,(H,10,11)/p-1/t6-/m0/s1. The molecule has 12 heavy (non-hydrogen) atoms. The Kier molecular flexibility index (Phi) is 2.14. The van der Waals surface area contributed by atoms with E-state index in [-0.39, 0.29) is 5.37 Å². The highest BCUT2D eigenvalue weighted by Gasteiger charge is 2.15. The quantitative estimate of drug-likeness (QED) is 0.686. The maximum Gasteiger partial charge on any atom is 0.135 e. The molecule has 62 valence electrons. The van der Waals surface area contributed by atoms with E-state index in [1.54, 1.807) is 6.20 Å². The molecule has 0 aromatic carbocycles. The highest BCUT2D eigenvalue weighted by molar-refractivity contribution is 8.27. The number of aromatic nitrogens is 1. The SMILES string of the molecule is [S-]C1=NN[C@H](c2ccccn2)S1. The first-order chi connectivity index (χ1) is 5.86. The summed E-state index contributed by atoms with van der Waals surface area (Å²) in [6, 6.07) is 5.79. The molecule has 1 N–H and O–H groups in total. The molecule has 1 atom stereocenters. The van der Waals surface area contributed by atoms with Crippen molar-refractivity contribution in [1.29, 1.82) is 0 Å². The lowest BCUT2D eigenvalue weighted by atomic mass is 10.3. The van der Waals surface area contributed by atoms with E-state index >= 15 is 0 Å². The summed E-state index contributed by atoms with van der Waals surface area (Å²) in [5, 5.41) is 3.99. The molecule has 0 fully saturated rings. The Morgan fingerprint density at radius 1 is 1.50 bits per heavy atom. The van der Waals surface area contributed by atoms with Gasteiger partial charge in [0.2, 0.25) is 0 Å². The molecule has 5 heteroatoms. The first kappa shape index (κ1) is 7.82. The summed E-state index contributed by atoms with van der Waals surface area (Å²) in [7, 11) is 0. The lowest BCUT2D eigenvalue weighted by Gasteiger charge is -2.08. The molecule has 1 aliphatic rings. The third-order valence-electron chi connectivity index (χ3n) is 1.45. The molecular weight excluding hydrogens is 190 g/mol. The van der Waals surface area contributed by atoms with E-state index in [9.17, 15) is 0 Å². The van der Waals surface area contributed by atoms with E-state index < -0.39 is 0 Å². The fraction of sp³-hybridized carbons (Fsp3) is 0.143. The van der Waals surface area contributed by atoms with Crippen molar-refractivity contribution in [1.82, 2.24) is 10.4 Å². The molecule has 0 radical (unpaired) electrons. The zero-order valence-electron chi connectivity index (χ0n) is 6.10. The number of hydrogen-bond acceptors (Lipinski definition) is 5. The predicted octanol–water partition coefficient (Wildman–Crippen LogP) is 1.23. The van der Waals surface area contributed by atoms with Gasteiger partial charge in [-0.2, -0.15) is 0 Å². The predicted molar refractivity (Wildman–Crippen MR) is 52.5 cm³/mol. The number of thioether (sulfide) groups is 1. The summed E-state index contributed by atoms with van der Waals surface area (Å²) in [5.41, 5.74) is 3.87. The van der Waals surface area contributed by atoms with Crippen LogP contribution in [0.2, 0.25) is 0 Å².